The van der Waals surface area contributed by atoms with Gasteiger partial charge in [0.1, 0.15) is 17.1 Å². The van der Waals surface area contributed by atoms with Crippen molar-refractivity contribution in [3.8, 4) is 39.6 Å². The van der Waals surface area contributed by atoms with Crippen molar-refractivity contribution in [3.05, 3.63) is 126 Å². The Kier molecular flexibility index (Phi) is 6.55. The van der Waals surface area contributed by atoms with Crippen molar-refractivity contribution >= 4 is 16.7 Å². The summed E-state index contributed by atoms with van der Waals surface area (Å²) in [6.07, 6.45) is 0. The van der Waals surface area contributed by atoms with Gasteiger partial charge in [-0.3, -0.25) is 4.57 Å². The van der Waals surface area contributed by atoms with Crippen LogP contribution < -0.4 is 10.5 Å². The predicted molar refractivity (Wildman–Crippen MR) is 159 cm³/mol. The number of imidazole rings is 1. The highest BCUT2D eigenvalue weighted by Crippen LogP contribution is 2.38. The Morgan fingerprint density at radius 2 is 1.31 bits per heavy atom. The van der Waals surface area contributed by atoms with Crippen molar-refractivity contribution in [1.29, 1.82) is 0 Å². The molecule has 2 heterocycles. The highest BCUT2D eigenvalue weighted by molar-refractivity contribution is 5.86. The van der Waals surface area contributed by atoms with Gasteiger partial charge in [0.05, 0.1) is 11.4 Å². The lowest BCUT2D eigenvalue weighted by atomic mass is 10.0. The SMILES string of the molecule is CCN(CC)c1ccc2cc(-n3c(-c4ccccc4)nc(-c4ccccc4)c3-c3ccccc3)c(=O)oc2c1. The van der Waals surface area contributed by atoms with Crippen molar-refractivity contribution in [1.82, 2.24) is 9.55 Å². The molecule has 6 aromatic rings. The van der Waals surface area contributed by atoms with Crippen LogP contribution in [-0.2, 0) is 0 Å². The number of aromatic nitrogens is 2. The lowest BCUT2D eigenvalue weighted by molar-refractivity contribution is 0.556. The summed E-state index contributed by atoms with van der Waals surface area (Å²) in [6, 6.07) is 38.1. The van der Waals surface area contributed by atoms with E-state index in [2.05, 4.69) is 24.8 Å². The van der Waals surface area contributed by atoms with E-state index in [1.165, 1.54) is 0 Å². The van der Waals surface area contributed by atoms with Gasteiger partial charge in [0.2, 0.25) is 0 Å². The topological polar surface area (TPSA) is 51.3 Å². The molecule has 0 aliphatic carbocycles. The molecule has 2 aromatic heterocycles. The molecule has 0 saturated carbocycles. The second kappa shape index (κ2) is 10.5. The van der Waals surface area contributed by atoms with Crippen molar-refractivity contribution in [2.75, 3.05) is 18.0 Å². The summed E-state index contributed by atoms with van der Waals surface area (Å²) in [5, 5.41) is 0.855. The van der Waals surface area contributed by atoms with E-state index < -0.39 is 5.63 Å². The first-order chi connectivity index (χ1) is 19.2. The number of hydrogen-bond donors (Lipinski definition) is 0. The molecule has 0 amide bonds. The highest BCUT2D eigenvalue weighted by Gasteiger charge is 2.24. The maximum Gasteiger partial charge on any atom is 0.360 e. The molecule has 192 valence electrons. The summed E-state index contributed by atoms with van der Waals surface area (Å²) >= 11 is 0. The van der Waals surface area contributed by atoms with Crippen LogP contribution in [-0.4, -0.2) is 22.6 Å². The first kappa shape index (κ1) is 24.4. The Labute approximate surface area is 227 Å². The van der Waals surface area contributed by atoms with Gasteiger partial charge in [-0.05, 0) is 32.0 Å². The van der Waals surface area contributed by atoms with Gasteiger partial charge in [-0.15, -0.1) is 0 Å². The predicted octanol–water partition coefficient (Wildman–Crippen LogP) is 7.83. The standard InChI is InChI=1S/C34H29N3O2/c1-3-36(4-2)28-21-20-27-22-29(34(38)39-30(27)23-28)37-32(25-16-10-6-11-17-25)31(24-14-8-5-9-15-24)35-33(37)26-18-12-7-13-19-26/h5-23H,3-4H2,1-2H3. The zero-order chi connectivity index (χ0) is 26.8. The van der Waals surface area contributed by atoms with E-state index in [4.69, 9.17) is 9.40 Å². The zero-order valence-electron chi connectivity index (χ0n) is 22.0. The Hall–Kier alpha value is -4.90. The van der Waals surface area contributed by atoms with Crippen LogP contribution in [0.15, 0.2) is 124 Å². The number of fused-ring (bicyclic) bond motifs is 1. The molecule has 0 aliphatic heterocycles. The van der Waals surface area contributed by atoms with Gasteiger partial charge in [0.25, 0.3) is 0 Å². The van der Waals surface area contributed by atoms with E-state index in [0.717, 1.165) is 52.2 Å². The minimum absolute atomic E-state index is 0.412. The first-order valence-corrected chi connectivity index (χ1v) is 13.3. The molecule has 4 aromatic carbocycles. The largest absolute Gasteiger partial charge is 0.421 e. The van der Waals surface area contributed by atoms with Crippen molar-refractivity contribution in [2.24, 2.45) is 0 Å². The summed E-state index contributed by atoms with van der Waals surface area (Å²) < 4.78 is 7.95. The van der Waals surface area contributed by atoms with E-state index in [-0.39, 0.29) is 0 Å². The third-order valence-corrected chi connectivity index (χ3v) is 7.07. The molecule has 0 aliphatic rings. The lowest BCUT2D eigenvalue weighted by Crippen LogP contribution is -2.21. The lowest BCUT2D eigenvalue weighted by Gasteiger charge is -2.21. The molecule has 0 N–H and O–H groups in total. The molecule has 0 spiro atoms. The Morgan fingerprint density at radius 1 is 0.718 bits per heavy atom. The second-order valence-electron chi connectivity index (χ2n) is 9.38. The van der Waals surface area contributed by atoms with Gasteiger partial charge < -0.3 is 9.32 Å². The molecule has 0 unspecified atom stereocenters. The maximum absolute atomic E-state index is 13.7. The normalized spacial score (nSPS) is 11.1. The average molecular weight is 512 g/mol. The van der Waals surface area contributed by atoms with Gasteiger partial charge in [-0.25, -0.2) is 9.78 Å². The molecule has 5 nitrogen and oxygen atoms in total. The van der Waals surface area contributed by atoms with Gasteiger partial charge in [0, 0.05) is 46.9 Å². The van der Waals surface area contributed by atoms with Crippen LogP contribution in [0.5, 0.6) is 0 Å². The molecule has 39 heavy (non-hydrogen) atoms. The third-order valence-electron chi connectivity index (χ3n) is 7.07. The molecule has 0 fully saturated rings. The summed E-state index contributed by atoms with van der Waals surface area (Å²) in [5.74, 6) is 0.680. The fourth-order valence-corrected chi connectivity index (χ4v) is 5.13. The second-order valence-corrected chi connectivity index (χ2v) is 9.38. The molecule has 0 saturated heterocycles. The summed E-state index contributed by atoms with van der Waals surface area (Å²) in [5.41, 5.74) is 6.10. The smallest absolute Gasteiger partial charge is 0.360 e. The third kappa shape index (κ3) is 4.53. The van der Waals surface area contributed by atoms with Crippen molar-refractivity contribution in [2.45, 2.75) is 13.8 Å². The first-order valence-electron chi connectivity index (χ1n) is 13.3. The monoisotopic (exact) mass is 511 g/mol. The molecular weight excluding hydrogens is 482 g/mol. The fourth-order valence-electron chi connectivity index (χ4n) is 5.13. The number of rotatable bonds is 7. The van der Waals surface area contributed by atoms with E-state index in [0.29, 0.717) is 17.1 Å². The molecule has 0 atom stereocenters. The number of benzene rings is 4. The van der Waals surface area contributed by atoms with Crippen LogP contribution in [0.25, 0.3) is 50.6 Å². The quantitative estimate of drug-likeness (QED) is 0.205. The molecule has 0 bridgehead atoms. The number of hydrogen-bond acceptors (Lipinski definition) is 4. The van der Waals surface area contributed by atoms with Crippen molar-refractivity contribution < 1.29 is 4.42 Å². The zero-order valence-corrected chi connectivity index (χ0v) is 22.0. The minimum atomic E-state index is -0.412. The van der Waals surface area contributed by atoms with Crippen LogP contribution in [0.2, 0.25) is 0 Å². The van der Waals surface area contributed by atoms with Gasteiger partial charge in [-0.2, -0.15) is 0 Å². The molecule has 0 radical (unpaired) electrons. The van der Waals surface area contributed by atoms with Gasteiger partial charge >= 0.3 is 5.63 Å². The highest BCUT2D eigenvalue weighted by atomic mass is 16.4. The van der Waals surface area contributed by atoms with E-state index in [1.807, 2.05) is 114 Å². The van der Waals surface area contributed by atoms with Gasteiger partial charge in [-0.1, -0.05) is 91.0 Å². The van der Waals surface area contributed by atoms with E-state index in [1.54, 1.807) is 0 Å². The molecular formula is C34H29N3O2. The number of anilines is 1. The summed E-state index contributed by atoms with van der Waals surface area (Å²) in [6.45, 7) is 5.99. The fraction of sp³-hybridized carbons (Fsp3) is 0.118. The minimum Gasteiger partial charge on any atom is -0.421 e. The molecule has 6 rings (SSSR count). The van der Waals surface area contributed by atoms with Crippen LogP contribution in [0.4, 0.5) is 5.69 Å². The van der Waals surface area contributed by atoms with Crippen LogP contribution >= 0.6 is 0 Å². The van der Waals surface area contributed by atoms with Crippen LogP contribution in [0.1, 0.15) is 13.8 Å². The Morgan fingerprint density at radius 3 is 1.92 bits per heavy atom. The van der Waals surface area contributed by atoms with E-state index >= 15 is 0 Å². The maximum atomic E-state index is 13.7. The average Bonchev–Trinajstić information content (AvgIpc) is 3.39. The molecule has 5 heteroatoms. The van der Waals surface area contributed by atoms with Gasteiger partial charge in [0.15, 0.2) is 0 Å². The van der Waals surface area contributed by atoms with Crippen LogP contribution in [0, 0.1) is 0 Å². The Balaban J connectivity index is 1.67. The van der Waals surface area contributed by atoms with E-state index in [9.17, 15) is 4.79 Å². The number of nitrogens with zero attached hydrogens (tertiary/aromatic N) is 3. The summed E-state index contributed by atoms with van der Waals surface area (Å²) in [7, 11) is 0. The Bertz CT molecular complexity index is 1790. The van der Waals surface area contributed by atoms with Crippen LogP contribution in [0.3, 0.4) is 0 Å². The summed E-state index contributed by atoms with van der Waals surface area (Å²) in [4.78, 5) is 21.1. The van der Waals surface area contributed by atoms with Crippen molar-refractivity contribution in [3.63, 3.8) is 0 Å².